The van der Waals surface area contributed by atoms with Crippen LogP contribution in [0.3, 0.4) is 0 Å². The molecule has 4 heterocycles. The van der Waals surface area contributed by atoms with Crippen LogP contribution < -0.4 is 15.1 Å². The van der Waals surface area contributed by atoms with E-state index in [2.05, 4.69) is 71.1 Å². The number of nitrogens with one attached hydrogen (secondary N) is 1. The highest BCUT2D eigenvalue weighted by Crippen LogP contribution is 2.36. The van der Waals surface area contributed by atoms with Gasteiger partial charge in [-0.3, -0.25) is 14.5 Å². The number of anilines is 2. The van der Waals surface area contributed by atoms with Gasteiger partial charge in [0.1, 0.15) is 5.69 Å². The van der Waals surface area contributed by atoms with Gasteiger partial charge < -0.3 is 20.0 Å². The fourth-order valence-electron chi connectivity index (χ4n) is 7.12. The van der Waals surface area contributed by atoms with Crippen LogP contribution in [0.2, 0.25) is 0 Å². The first kappa shape index (κ1) is 31.4. The van der Waals surface area contributed by atoms with Crippen LogP contribution in [0.4, 0.5) is 20.2 Å². The number of amides is 2. The largest absolute Gasteiger partial charge is 0.367 e. The molecule has 0 radical (unpaired) electrons. The van der Waals surface area contributed by atoms with E-state index in [1.165, 1.54) is 17.0 Å². The second-order valence-corrected chi connectivity index (χ2v) is 12.7. The number of fused-ring (bicyclic) bond motifs is 2. The zero-order valence-electron chi connectivity index (χ0n) is 26.3. The molecule has 2 aromatic carbocycles. The van der Waals surface area contributed by atoms with Crippen molar-refractivity contribution in [3.05, 3.63) is 77.6 Å². The molecule has 2 unspecified atom stereocenters. The Morgan fingerprint density at radius 1 is 1.15 bits per heavy atom. The maximum Gasteiger partial charge on any atom is 0.272 e. The van der Waals surface area contributed by atoms with Crippen LogP contribution in [0.15, 0.2) is 55.1 Å². The van der Waals surface area contributed by atoms with Crippen LogP contribution >= 0.6 is 0 Å². The standard InChI is InChI=1S/C35H39F2N7O2/c1-4-32(45)44-16-15-43(19-26(44)11-13-38)31-17-28(34(46)39-24(3)18-41-21-35(36,37)22-41)40-29-20-42(14-12-27(29)31)30-10-6-9-25-8-5-7-23(2)33(25)30/h4-10,17,24,26H,1,11-12,14-16,18-22H2,2-3H3,(H,39,46). The van der Waals surface area contributed by atoms with Crippen LogP contribution in [0.25, 0.3) is 10.8 Å². The number of rotatable bonds is 8. The molecule has 3 aromatic rings. The van der Waals surface area contributed by atoms with Crippen molar-refractivity contribution in [2.24, 2.45) is 0 Å². The summed E-state index contributed by atoms with van der Waals surface area (Å²) < 4.78 is 26.8. The molecule has 46 heavy (non-hydrogen) atoms. The lowest BCUT2D eigenvalue weighted by Gasteiger charge is -2.43. The van der Waals surface area contributed by atoms with Crippen LogP contribution in [0, 0.1) is 18.3 Å². The van der Waals surface area contributed by atoms with Crippen LogP contribution in [0.1, 0.15) is 40.7 Å². The molecule has 2 saturated heterocycles. The number of aromatic nitrogens is 1. The quantitative estimate of drug-likeness (QED) is 0.373. The summed E-state index contributed by atoms with van der Waals surface area (Å²) in [5.74, 6) is -3.24. The highest BCUT2D eigenvalue weighted by atomic mass is 19.3. The molecule has 0 bridgehead atoms. The molecule has 2 amide bonds. The molecule has 1 N–H and O–H groups in total. The molecule has 3 aliphatic heterocycles. The number of piperazine rings is 1. The van der Waals surface area contributed by atoms with Gasteiger partial charge in [0.05, 0.1) is 43.9 Å². The van der Waals surface area contributed by atoms with E-state index < -0.39 is 5.92 Å². The molecule has 0 saturated carbocycles. The number of hydrogen-bond acceptors (Lipinski definition) is 7. The molecule has 0 spiro atoms. The van der Waals surface area contributed by atoms with Gasteiger partial charge in [-0.25, -0.2) is 13.8 Å². The summed E-state index contributed by atoms with van der Waals surface area (Å²) in [4.78, 5) is 38.9. The number of halogens is 2. The molecule has 11 heteroatoms. The second-order valence-electron chi connectivity index (χ2n) is 12.7. The van der Waals surface area contributed by atoms with Gasteiger partial charge in [-0.1, -0.05) is 36.9 Å². The van der Waals surface area contributed by atoms with Gasteiger partial charge in [-0.05, 0) is 49.4 Å². The number of carbonyl (C=O) groups excluding carboxylic acids is 2. The fourth-order valence-corrected chi connectivity index (χ4v) is 7.12. The first-order valence-corrected chi connectivity index (χ1v) is 15.8. The molecule has 1 aromatic heterocycles. The summed E-state index contributed by atoms with van der Waals surface area (Å²) in [7, 11) is 0. The monoisotopic (exact) mass is 627 g/mol. The van der Waals surface area contributed by atoms with E-state index in [0.717, 1.165) is 34.6 Å². The molecule has 240 valence electrons. The van der Waals surface area contributed by atoms with Crippen molar-refractivity contribution in [2.45, 2.75) is 51.2 Å². The number of pyridine rings is 1. The van der Waals surface area contributed by atoms with Gasteiger partial charge in [0.25, 0.3) is 11.8 Å². The Bertz CT molecular complexity index is 1710. The number of hydrogen-bond donors (Lipinski definition) is 1. The maximum atomic E-state index is 13.6. The lowest BCUT2D eigenvalue weighted by Crippen LogP contribution is -2.59. The molecule has 9 nitrogen and oxygen atoms in total. The lowest BCUT2D eigenvalue weighted by atomic mass is 9.97. The highest BCUT2D eigenvalue weighted by Gasteiger charge is 2.44. The Labute approximate surface area is 268 Å². The third-order valence-electron chi connectivity index (χ3n) is 9.25. The predicted octanol–water partition coefficient (Wildman–Crippen LogP) is 4.29. The molecule has 2 fully saturated rings. The normalized spacial score (nSPS) is 20.0. The Morgan fingerprint density at radius 3 is 2.63 bits per heavy atom. The molecule has 3 aliphatic rings. The second kappa shape index (κ2) is 12.7. The van der Waals surface area contributed by atoms with E-state index in [4.69, 9.17) is 4.98 Å². The maximum absolute atomic E-state index is 13.6. The molecular weight excluding hydrogens is 588 g/mol. The van der Waals surface area contributed by atoms with Crippen molar-refractivity contribution in [3.63, 3.8) is 0 Å². The minimum atomic E-state index is -2.67. The summed E-state index contributed by atoms with van der Waals surface area (Å²) in [6.45, 7) is 9.92. The first-order valence-electron chi connectivity index (χ1n) is 15.8. The molecule has 6 rings (SSSR count). The van der Waals surface area contributed by atoms with Gasteiger partial charge in [-0.15, -0.1) is 0 Å². The van der Waals surface area contributed by atoms with Crippen molar-refractivity contribution in [2.75, 3.05) is 55.6 Å². The highest BCUT2D eigenvalue weighted by molar-refractivity contribution is 5.97. The average molecular weight is 628 g/mol. The average Bonchev–Trinajstić information content (AvgIpc) is 3.02. The summed E-state index contributed by atoms with van der Waals surface area (Å²) >= 11 is 0. The number of aryl methyl sites for hydroxylation is 1. The van der Waals surface area contributed by atoms with Gasteiger partial charge in [0.15, 0.2) is 0 Å². The van der Waals surface area contributed by atoms with E-state index in [9.17, 15) is 23.6 Å². The van der Waals surface area contributed by atoms with Gasteiger partial charge in [-0.2, -0.15) is 5.26 Å². The van der Waals surface area contributed by atoms with Crippen LogP contribution in [-0.4, -0.2) is 90.4 Å². The van der Waals surface area contributed by atoms with Gasteiger partial charge in [0.2, 0.25) is 5.91 Å². The van der Waals surface area contributed by atoms with Crippen LogP contribution in [-0.2, 0) is 17.8 Å². The van der Waals surface area contributed by atoms with Crippen molar-refractivity contribution < 1.29 is 18.4 Å². The summed E-state index contributed by atoms with van der Waals surface area (Å²) in [5, 5.41) is 14.9. The van der Waals surface area contributed by atoms with Crippen molar-refractivity contribution in [1.82, 2.24) is 20.1 Å². The van der Waals surface area contributed by atoms with E-state index >= 15 is 0 Å². The number of nitrogens with zero attached hydrogens (tertiary/aromatic N) is 6. The zero-order chi connectivity index (χ0) is 32.6. The van der Waals surface area contributed by atoms with E-state index in [1.54, 1.807) is 16.7 Å². The van der Waals surface area contributed by atoms with Gasteiger partial charge in [0, 0.05) is 61.1 Å². The van der Waals surface area contributed by atoms with Crippen molar-refractivity contribution in [1.29, 1.82) is 5.26 Å². The van der Waals surface area contributed by atoms with Crippen molar-refractivity contribution >= 4 is 34.0 Å². The number of nitriles is 1. The Morgan fingerprint density at radius 2 is 1.91 bits per heavy atom. The van der Waals surface area contributed by atoms with Crippen molar-refractivity contribution in [3.8, 4) is 6.07 Å². The van der Waals surface area contributed by atoms with E-state index in [0.29, 0.717) is 39.1 Å². The summed E-state index contributed by atoms with van der Waals surface area (Å²) in [6, 6.07) is 15.9. The minimum Gasteiger partial charge on any atom is -0.367 e. The topological polar surface area (TPSA) is 95.8 Å². The number of benzene rings is 2. The summed E-state index contributed by atoms with van der Waals surface area (Å²) in [5.41, 5.74) is 5.30. The molecule has 0 aliphatic carbocycles. The predicted molar refractivity (Wildman–Crippen MR) is 174 cm³/mol. The third kappa shape index (κ3) is 6.27. The lowest BCUT2D eigenvalue weighted by molar-refractivity contribution is -0.131. The zero-order valence-corrected chi connectivity index (χ0v) is 26.3. The molecule has 2 atom stereocenters. The third-order valence-corrected chi connectivity index (χ3v) is 9.25. The Balaban J connectivity index is 1.32. The Hall–Kier alpha value is -4.56. The number of carbonyl (C=O) groups is 2. The van der Waals surface area contributed by atoms with E-state index in [1.807, 2.05) is 6.07 Å². The van der Waals surface area contributed by atoms with Crippen LogP contribution in [0.5, 0.6) is 0 Å². The first-order chi connectivity index (χ1) is 22.1. The minimum absolute atomic E-state index is 0.179. The Kier molecular flexibility index (Phi) is 8.66. The molecular formula is C35H39F2N7O2. The number of likely N-dealkylation sites (tertiary alicyclic amines) is 1. The number of alkyl halides is 2. The van der Waals surface area contributed by atoms with E-state index in [-0.39, 0.29) is 49.1 Å². The summed E-state index contributed by atoms with van der Waals surface area (Å²) in [6.07, 6.45) is 2.16. The van der Waals surface area contributed by atoms with Gasteiger partial charge >= 0.3 is 0 Å². The fraction of sp³-hybridized carbons (Fsp3) is 0.429. The SMILES string of the molecule is C=CC(=O)N1CCN(c2cc(C(=O)NC(C)CN3CC(F)(F)C3)nc3c2CCN(c2cccc4cccc(C)c24)C3)CC1CC#N. The smallest absolute Gasteiger partial charge is 0.272 e.